The number of furan rings is 1. The minimum Gasteiger partial charge on any atom is -0.459 e. The highest BCUT2D eigenvalue weighted by Gasteiger charge is 2.08. The maximum atomic E-state index is 11.9. The molecule has 0 radical (unpaired) electrons. The number of nitrogens with one attached hydrogen (secondary N) is 4. The lowest BCUT2D eigenvalue weighted by Crippen LogP contribution is -2.36. The lowest BCUT2D eigenvalue weighted by atomic mass is 10.1. The van der Waals surface area contributed by atoms with E-state index < -0.39 is 6.03 Å². The van der Waals surface area contributed by atoms with Crippen LogP contribution in [0.5, 0.6) is 0 Å². The molecule has 1 aromatic carbocycles. The quantitative estimate of drug-likeness (QED) is 0.532. The van der Waals surface area contributed by atoms with Gasteiger partial charge in [0.1, 0.15) is 0 Å². The lowest BCUT2D eigenvalue weighted by Gasteiger charge is -2.10. The fraction of sp³-hybridized carbons (Fsp3) is 0.316. The Morgan fingerprint density at radius 3 is 2.26 bits per heavy atom. The maximum absolute atomic E-state index is 11.9. The minimum atomic E-state index is -0.403. The molecule has 2 aromatic rings. The molecule has 2 rings (SSSR count). The van der Waals surface area contributed by atoms with Crippen LogP contribution >= 0.6 is 0 Å². The summed E-state index contributed by atoms with van der Waals surface area (Å²) in [5.41, 5.74) is 1.09. The van der Waals surface area contributed by atoms with Crippen molar-refractivity contribution < 1.29 is 18.8 Å². The van der Waals surface area contributed by atoms with E-state index in [4.69, 9.17) is 4.42 Å². The van der Waals surface area contributed by atoms with Crippen LogP contribution in [-0.2, 0) is 0 Å². The number of benzene rings is 1. The van der Waals surface area contributed by atoms with Crippen molar-refractivity contribution in [2.75, 3.05) is 25.0 Å². The van der Waals surface area contributed by atoms with E-state index in [1.807, 2.05) is 13.8 Å². The Hall–Kier alpha value is -3.29. The Kier molecular flexibility index (Phi) is 7.42. The molecule has 4 amide bonds. The molecule has 0 spiro atoms. The molecule has 0 saturated heterocycles. The predicted octanol–water partition coefficient (Wildman–Crippen LogP) is 2.22. The van der Waals surface area contributed by atoms with Crippen LogP contribution in [0.3, 0.4) is 0 Å². The Labute approximate surface area is 157 Å². The Bertz CT molecular complexity index is 755. The Balaban J connectivity index is 1.69. The van der Waals surface area contributed by atoms with Gasteiger partial charge in [-0.3, -0.25) is 9.59 Å². The molecule has 0 aliphatic heterocycles. The fourth-order valence-corrected chi connectivity index (χ4v) is 2.13. The zero-order chi connectivity index (χ0) is 19.6. The summed E-state index contributed by atoms with van der Waals surface area (Å²) in [7, 11) is 0. The third-order valence-electron chi connectivity index (χ3n) is 3.52. The highest BCUT2D eigenvalue weighted by atomic mass is 16.3. The number of hydrogen-bond donors (Lipinski definition) is 4. The van der Waals surface area contributed by atoms with Crippen molar-refractivity contribution in [3.8, 4) is 0 Å². The van der Waals surface area contributed by atoms with E-state index in [0.717, 1.165) is 0 Å². The molecule has 0 bridgehead atoms. The average Bonchev–Trinajstić information content (AvgIpc) is 3.18. The first-order chi connectivity index (χ1) is 13.0. The zero-order valence-electron chi connectivity index (χ0n) is 15.4. The standard InChI is InChI=1S/C19H24N4O4/c1-13(2)12-22-17(24)14-5-7-15(8-6-14)23-19(26)21-10-9-20-18(25)16-4-3-11-27-16/h3-8,11,13H,9-10,12H2,1-2H3,(H,20,25)(H,22,24)(H2,21,23,26). The average molecular weight is 372 g/mol. The van der Waals surface area contributed by atoms with Crippen molar-refractivity contribution in [1.29, 1.82) is 0 Å². The number of urea groups is 1. The SMILES string of the molecule is CC(C)CNC(=O)c1ccc(NC(=O)NCCNC(=O)c2ccco2)cc1. The van der Waals surface area contributed by atoms with Crippen LogP contribution in [0.2, 0.25) is 0 Å². The van der Waals surface area contributed by atoms with Crippen molar-refractivity contribution >= 4 is 23.5 Å². The van der Waals surface area contributed by atoms with E-state index in [0.29, 0.717) is 23.7 Å². The topological polar surface area (TPSA) is 112 Å². The third kappa shape index (κ3) is 6.85. The molecule has 27 heavy (non-hydrogen) atoms. The second-order valence-corrected chi connectivity index (χ2v) is 6.30. The summed E-state index contributed by atoms with van der Waals surface area (Å²) < 4.78 is 4.97. The van der Waals surface area contributed by atoms with Gasteiger partial charge in [0.05, 0.1) is 6.26 Å². The molecule has 144 valence electrons. The van der Waals surface area contributed by atoms with E-state index in [-0.39, 0.29) is 30.7 Å². The van der Waals surface area contributed by atoms with E-state index in [2.05, 4.69) is 21.3 Å². The van der Waals surface area contributed by atoms with Crippen molar-refractivity contribution in [2.24, 2.45) is 5.92 Å². The van der Waals surface area contributed by atoms with Crippen LogP contribution in [-0.4, -0.2) is 37.5 Å². The van der Waals surface area contributed by atoms with Crippen LogP contribution in [0.1, 0.15) is 34.8 Å². The first-order valence-electron chi connectivity index (χ1n) is 8.70. The number of anilines is 1. The van der Waals surface area contributed by atoms with Crippen LogP contribution in [0.15, 0.2) is 47.1 Å². The zero-order valence-corrected chi connectivity index (χ0v) is 15.4. The summed E-state index contributed by atoms with van der Waals surface area (Å²) >= 11 is 0. The second-order valence-electron chi connectivity index (χ2n) is 6.30. The normalized spacial score (nSPS) is 10.3. The summed E-state index contributed by atoms with van der Waals surface area (Å²) in [5.74, 6) is 0.111. The maximum Gasteiger partial charge on any atom is 0.319 e. The Morgan fingerprint density at radius 2 is 1.63 bits per heavy atom. The van der Waals surface area contributed by atoms with Gasteiger partial charge in [0.2, 0.25) is 0 Å². The van der Waals surface area contributed by atoms with Crippen molar-refractivity contribution in [3.05, 3.63) is 54.0 Å². The van der Waals surface area contributed by atoms with Gasteiger partial charge in [0.15, 0.2) is 5.76 Å². The largest absolute Gasteiger partial charge is 0.459 e. The van der Waals surface area contributed by atoms with Crippen LogP contribution in [0.4, 0.5) is 10.5 Å². The van der Waals surface area contributed by atoms with Gasteiger partial charge in [-0.2, -0.15) is 0 Å². The van der Waals surface area contributed by atoms with Gasteiger partial charge < -0.3 is 25.7 Å². The minimum absolute atomic E-state index is 0.146. The first-order valence-corrected chi connectivity index (χ1v) is 8.70. The molecule has 0 atom stereocenters. The van der Waals surface area contributed by atoms with Gasteiger partial charge in [0.25, 0.3) is 11.8 Å². The number of hydrogen-bond acceptors (Lipinski definition) is 4. The molecule has 0 aliphatic carbocycles. The second kappa shape index (κ2) is 10.0. The van der Waals surface area contributed by atoms with Gasteiger partial charge in [-0.15, -0.1) is 0 Å². The fourth-order valence-electron chi connectivity index (χ4n) is 2.13. The molecule has 0 unspecified atom stereocenters. The van der Waals surface area contributed by atoms with Gasteiger partial charge in [-0.1, -0.05) is 13.8 Å². The summed E-state index contributed by atoms with van der Waals surface area (Å²) in [6.45, 7) is 5.18. The molecular formula is C19H24N4O4. The van der Waals surface area contributed by atoms with Crippen LogP contribution in [0.25, 0.3) is 0 Å². The van der Waals surface area contributed by atoms with Crippen LogP contribution < -0.4 is 21.3 Å². The summed E-state index contributed by atoms with van der Waals surface area (Å²) in [6, 6.07) is 9.39. The molecule has 1 aromatic heterocycles. The van der Waals surface area contributed by atoms with Crippen LogP contribution in [0, 0.1) is 5.92 Å². The number of carbonyl (C=O) groups excluding carboxylic acids is 3. The monoisotopic (exact) mass is 372 g/mol. The molecule has 1 heterocycles. The third-order valence-corrected chi connectivity index (χ3v) is 3.52. The number of rotatable bonds is 8. The van der Waals surface area contributed by atoms with Gasteiger partial charge in [0, 0.05) is 30.9 Å². The highest BCUT2D eigenvalue weighted by molar-refractivity contribution is 5.95. The molecule has 8 heteroatoms. The summed E-state index contributed by atoms with van der Waals surface area (Å²) in [6.07, 6.45) is 1.42. The summed E-state index contributed by atoms with van der Waals surface area (Å²) in [4.78, 5) is 35.4. The smallest absolute Gasteiger partial charge is 0.319 e. The lowest BCUT2D eigenvalue weighted by molar-refractivity contribution is 0.0924. The van der Waals surface area contributed by atoms with Crippen molar-refractivity contribution in [3.63, 3.8) is 0 Å². The van der Waals surface area contributed by atoms with E-state index in [1.165, 1.54) is 6.26 Å². The number of carbonyl (C=O) groups is 3. The van der Waals surface area contributed by atoms with E-state index in [1.54, 1.807) is 36.4 Å². The predicted molar refractivity (Wildman–Crippen MR) is 102 cm³/mol. The Morgan fingerprint density at radius 1 is 0.926 bits per heavy atom. The summed E-state index contributed by atoms with van der Waals surface area (Å²) in [5, 5.41) is 10.7. The van der Waals surface area contributed by atoms with Crippen molar-refractivity contribution in [2.45, 2.75) is 13.8 Å². The van der Waals surface area contributed by atoms with Gasteiger partial charge >= 0.3 is 6.03 Å². The molecule has 8 nitrogen and oxygen atoms in total. The highest BCUT2D eigenvalue weighted by Crippen LogP contribution is 2.09. The van der Waals surface area contributed by atoms with E-state index >= 15 is 0 Å². The van der Waals surface area contributed by atoms with Gasteiger partial charge in [-0.25, -0.2) is 4.79 Å². The van der Waals surface area contributed by atoms with Crippen molar-refractivity contribution in [1.82, 2.24) is 16.0 Å². The molecular weight excluding hydrogens is 348 g/mol. The number of amides is 4. The molecule has 4 N–H and O–H groups in total. The van der Waals surface area contributed by atoms with Gasteiger partial charge in [-0.05, 0) is 42.3 Å². The molecule has 0 fully saturated rings. The van der Waals surface area contributed by atoms with E-state index in [9.17, 15) is 14.4 Å². The molecule has 0 aliphatic rings. The molecule has 0 saturated carbocycles. The first kappa shape index (κ1) is 20.0.